The fourth-order valence-corrected chi connectivity index (χ4v) is 3.17. The third-order valence-electron chi connectivity index (χ3n) is 4.77. The van der Waals surface area contributed by atoms with Crippen LogP contribution in [0.15, 0.2) is 18.2 Å². The number of rotatable bonds is 11. The molecule has 1 amide bonds. The second-order valence-electron chi connectivity index (χ2n) is 6.45. The van der Waals surface area contributed by atoms with Gasteiger partial charge in [-0.25, -0.2) is 0 Å². The fraction of sp³-hybridized carbons (Fsp3) is 0.571. The first kappa shape index (κ1) is 21.9. The van der Waals surface area contributed by atoms with E-state index >= 15 is 0 Å². The van der Waals surface area contributed by atoms with Crippen LogP contribution in [0.3, 0.4) is 0 Å². The van der Waals surface area contributed by atoms with Gasteiger partial charge in [0, 0.05) is 18.2 Å². The highest BCUT2D eigenvalue weighted by molar-refractivity contribution is 5.98. The molecule has 0 aliphatic carbocycles. The number of aromatic nitrogens is 2. The van der Waals surface area contributed by atoms with Crippen molar-refractivity contribution in [2.24, 2.45) is 0 Å². The van der Waals surface area contributed by atoms with Crippen LogP contribution >= 0.6 is 0 Å². The number of hydrogen-bond acceptors (Lipinski definition) is 3. The molecule has 0 fully saturated rings. The molecular weight excluding hydrogens is 326 g/mol. The Balaban J connectivity index is 3.54. The van der Waals surface area contributed by atoms with Crippen LogP contribution in [0.4, 0.5) is 0 Å². The second kappa shape index (κ2) is 10.7. The van der Waals surface area contributed by atoms with Gasteiger partial charge in [0.1, 0.15) is 6.29 Å². The number of hydrogen-bond donors (Lipinski definition) is 0. The van der Waals surface area contributed by atoms with E-state index in [1.165, 1.54) is 4.90 Å². The molecule has 0 bridgehead atoms. The maximum atomic E-state index is 12.7. The van der Waals surface area contributed by atoms with Crippen molar-refractivity contribution >= 4 is 18.3 Å². The molecule has 0 aliphatic heterocycles. The zero-order valence-electron chi connectivity index (χ0n) is 16.9. The SMILES string of the molecule is C=CCc1c(CC)nn(C(CC)CC)c1/C=C(\CC)C(=O)N(C)CC=O. The predicted octanol–water partition coefficient (Wildman–Crippen LogP) is 3.99. The van der Waals surface area contributed by atoms with Crippen molar-refractivity contribution in [1.82, 2.24) is 14.7 Å². The van der Waals surface area contributed by atoms with E-state index in [2.05, 4.69) is 32.0 Å². The largest absolute Gasteiger partial charge is 0.335 e. The van der Waals surface area contributed by atoms with Gasteiger partial charge in [-0.15, -0.1) is 6.58 Å². The Labute approximate surface area is 157 Å². The molecule has 0 aliphatic rings. The van der Waals surface area contributed by atoms with E-state index in [0.29, 0.717) is 18.0 Å². The van der Waals surface area contributed by atoms with Gasteiger partial charge >= 0.3 is 0 Å². The third kappa shape index (κ3) is 4.93. The van der Waals surface area contributed by atoms with Gasteiger partial charge in [0.05, 0.1) is 24.0 Å². The standard InChI is InChI=1S/C21H33N3O2/c1-7-12-18-19(11-5)22-24(17(9-3)10-4)20(18)15-16(8-2)21(26)23(6)13-14-25/h7,14-15,17H,1,8-13H2,2-6H3/b16-15+. The smallest absolute Gasteiger partial charge is 0.249 e. The zero-order chi connectivity index (χ0) is 19.7. The summed E-state index contributed by atoms with van der Waals surface area (Å²) >= 11 is 0. The molecule has 5 heteroatoms. The molecule has 1 rings (SSSR count). The number of carbonyl (C=O) groups excluding carboxylic acids is 2. The number of amides is 1. The quantitative estimate of drug-likeness (QED) is 0.341. The maximum Gasteiger partial charge on any atom is 0.249 e. The van der Waals surface area contributed by atoms with Crippen LogP contribution in [-0.4, -0.2) is 40.5 Å². The Hall–Kier alpha value is -2.17. The molecule has 0 aromatic carbocycles. The van der Waals surface area contributed by atoms with Crippen LogP contribution < -0.4 is 0 Å². The van der Waals surface area contributed by atoms with Crippen LogP contribution in [0, 0.1) is 0 Å². The molecular formula is C21H33N3O2. The molecule has 144 valence electrons. The van der Waals surface area contributed by atoms with E-state index in [-0.39, 0.29) is 12.5 Å². The van der Waals surface area contributed by atoms with Crippen molar-refractivity contribution in [3.8, 4) is 0 Å². The molecule has 0 saturated heterocycles. The molecule has 0 saturated carbocycles. The van der Waals surface area contributed by atoms with Gasteiger partial charge in [-0.3, -0.25) is 9.48 Å². The summed E-state index contributed by atoms with van der Waals surface area (Å²) < 4.78 is 2.08. The molecule has 1 heterocycles. The van der Waals surface area contributed by atoms with E-state index in [0.717, 1.165) is 48.9 Å². The Kier molecular flexibility index (Phi) is 9.03. The van der Waals surface area contributed by atoms with Crippen LogP contribution in [0.5, 0.6) is 0 Å². The lowest BCUT2D eigenvalue weighted by Crippen LogP contribution is -2.29. The normalized spacial score (nSPS) is 11.7. The highest BCUT2D eigenvalue weighted by atomic mass is 16.2. The van der Waals surface area contributed by atoms with Crippen molar-refractivity contribution < 1.29 is 9.59 Å². The van der Waals surface area contributed by atoms with Crippen molar-refractivity contribution in [1.29, 1.82) is 0 Å². The van der Waals surface area contributed by atoms with E-state index in [4.69, 9.17) is 5.10 Å². The Morgan fingerprint density at radius 2 is 1.92 bits per heavy atom. The van der Waals surface area contributed by atoms with Gasteiger partial charge in [-0.05, 0) is 38.2 Å². The molecule has 0 atom stereocenters. The minimum absolute atomic E-state index is 0.0989. The summed E-state index contributed by atoms with van der Waals surface area (Å²) in [6.45, 7) is 12.4. The second-order valence-corrected chi connectivity index (χ2v) is 6.45. The van der Waals surface area contributed by atoms with Gasteiger partial charge in [0.2, 0.25) is 5.91 Å². The Bertz CT molecular complexity index is 654. The Morgan fingerprint density at radius 1 is 1.27 bits per heavy atom. The lowest BCUT2D eigenvalue weighted by Gasteiger charge is -2.18. The minimum Gasteiger partial charge on any atom is -0.335 e. The highest BCUT2D eigenvalue weighted by Crippen LogP contribution is 2.27. The molecule has 0 spiro atoms. The topological polar surface area (TPSA) is 55.2 Å². The minimum atomic E-state index is -0.112. The van der Waals surface area contributed by atoms with Crippen molar-refractivity contribution in [2.45, 2.75) is 65.8 Å². The number of aldehydes is 1. The van der Waals surface area contributed by atoms with E-state index in [9.17, 15) is 9.59 Å². The van der Waals surface area contributed by atoms with Gasteiger partial charge in [-0.2, -0.15) is 5.10 Å². The summed E-state index contributed by atoms with van der Waals surface area (Å²) in [6.07, 6.45) is 8.74. The average molecular weight is 360 g/mol. The van der Waals surface area contributed by atoms with Gasteiger partial charge in [0.15, 0.2) is 0 Å². The van der Waals surface area contributed by atoms with Crippen LogP contribution in [-0.2, 0) is 22.4 Å². The summed E-state index contributed by atoms with van der Waals surface area (Å²) in [7, 11) is 1.65. The summed E-state index contributed by atoms with van der Waals surface area (Å²) in [5, 5.41) is 4.86. The summed E-state index contributed by atoms with van der Waals surface area (Å²) in [5.74, 6) is -0.112. The molecule has 1 aromatic heterocycles. The monoisotopic (exact) mass is 359 g/mol. The lowest BCUT2D eigenvalue weighted by molar-refractivity contribution is -0.128. The lowest BCUT2D eigenvalue weighted by atomic mass is 10.0. The summed E-state index contributed by atoms with van der Waals surface area (Å²) in [5.41, 5.74) is 3.90. The summed E-state index contributed by atoms with van der Waals surface area (Å²) in [4.78, 5) is 24.9. The molecule has 1 aromatic rings. The first-order valence-electron chi connectivity index (χ1n) is 9.59. The predicted molar refractivity (Wildman–Crippen MR) is 107 cm³/mol. The highest BCUT2D eigenvalue weighted by Gasteiger charge is 2.21. The number of nitrogens with zero attached hydrogens (tertiary/aromatic N) is 3. The zero-order valence-corrected chi connectivity index (χ0v) is 16.9. The average Bonchev–Trinajstić information content (AvgIpc) is 2.98. The first-order chi connectivity index (χ1) is 12.5. The van der Waals surface area contributed by atoms with Crippen LogP contribution in [0.1, 0.15) is 70.0 Å². The van der Waals surface area contributed by atoms with Crippen molar-refractivity contribution in [3.63, 3.8) is 0 Å². The molecule has 26 heavy (non-hydrogen) atoms. The number of carbonyl (C=O) groups is 2. The fourth-order valence-electron chi connectivity index (χ4n) is 3.17. The van der Waals surface area contributed by atoms with E-state index in [1.54, 1.807) is 7.05 Å². The molecule has 0 N–H and O–H groups in total. The van der Waals surface area contributed by atoms with Crippen molar-refractivity contribution in [2.75, 3.05) is 13.6 Å². The number of aryl methyl sites for hydroxylation is 1. The molecule has 0 radical (unpaired) electrons. The van der Waals surface area contributed by atoms with E-state index < -0.39 is 0 Å². The maximum absolute atomic E-state index is 12.7. The van der Waals surface area contributed by atoms with Gasteiger partial charge in [0.25, 0.3) is 0 Å². The number of allylic oxidation sites excluding steroid dienone is 1. The number of likely N-dealkylation sites (N-methyl/N-ethyl adjacent to an activating group) is 1. The summed E-state index contributed by atoms with van der Waals surface area (Å²) in [6, 6.07) is 0.297. The molecule has 5 nitrogen and oxygen atoms in total. The van der Waals surface area contributed by atoms with Crippen molar-refractivity contribution in [3.05, 3.63) is 35.2 Å². The van der Waals surface area contributed by atoms with Gasteiger partial charge < -0.3 is 9.69 Å². The first-order valence-corrected chi connectivity index (χ1v) is 9.59. The molecule has 0 unspecified atom stereocenters. The van der Waals surface area contributed by atoms with Crippen LogP contribution in [0.2, 0.25) is 0 Å². The Morgan fingerprint density at radius 3 is 2.38 bits per heavy atom. The van der Waals surface area contributed by atoms with Crippen LogP contribution in [0.25, 0.3) is 6.08 Å². The van der Waals surface area contributed by atoms with E-state index in [1.807, 2.05) is 19.1 Å². The third-order valence-corrected chi connectivity index (χ3v) is 4.77. The van der Waals surface area contributed by atoms with Gasteiger partial charge in [-0.1, -0.05) is 33.8 Å².